The summed E-state index contributed by atoms with van der Waals surface area (Å²) < 4.78 is 0. The number of nitrogens with zero attached hydrogens (tertiary/aromatic N) is 2. The minimum Gasteiger partial charge on any atom is -0.294 e. The molecule has 1 heterocycles. The summed E-state index contributed by atoms with van der Waals surface area (Å²) in [5.74, 6) is 0. The van der Waals surface area contributed by atoms with Gasteiger partial charge in [0.25, 0.3) is 0 Å². The SMILES string of the molecule is Cc1ccccc1CNC(C#N)c1cccnc1. The molecule has 0 aliphatic rings. The first-order valence-electron chi connectivity index (χ1n) is 5.88. The Labute approximate surface area is 107 Å². The lowest BCUT2D eigenvalue weighted by Gasteiger charge is -2.12. The van der Waals surface area contributed by atoms with Crippen molar-refractivity contribution in [2.45, 2.75) is 19.5 Å². The Morgan fingerprint density at radius 3 is 2.78 bits per heavy atom. The van der Waals surface area contributed by atoms with Crippen molar-refractivity contribution in [1.82, 2.24) is 10.3 Å². The molecule has 0 saturated carbocycles. The number of hydrogen-bond donors (Lipinski definition) is 1. The monoisotopic (exact) mass is 237 g/mol. The summed E-state index contributed by atoms with van der Waals surface area (Å²) in [4.78, 5) is 4.03. The van der Waals surface area contributed by atoms with E-state index in [2.05, 4.69) is 35.4 Å². The summed E-state index contributed by atoms with van der Waals surface area (Å²) in [6, 6.07) is 13.9. The molecule has 0 amide bonds. The van der Waals surface area contributed by atoms with Crippen molar-refractivity contribution in [2.75, 3.05) is 0 Å². The van der Waals surface area contributed by atoms with Gasteiger partial charge >= 0.3 is 0 Å². The molecule has 18 heavy (non-hydrogen) atoms. The first-order chi connectivity index (χ1) is 8.81. The third-order valence-corrected chi connectivity index (χ3v) is 2.90. The van der Waals surface area contributed by atoms with Crippen LogP contribution in [-0.4, -0.2) is 4.98 Å². The van der Waals surface area contributed by atoms with E-state index in [-0.39, 0.29) is 6.04 Å². The molecular weight excluding hydrogens is 222 g/mol. The molecule has 1 atom stereocenters. The van der Waals surface area contributed by atoms with Gasteiger partial charge in [0.15, 0.2) is 0 Å². The van der Waals surface area contributed by atoms with E-state index < -0.39 is 0 Å². The van der Waals surface area contributed by atoms with Gasteiger partial charge in [-0.2, -0.15) is 5.26 Å². The van der Waals surface area contributed by atoms with E-state index in [4.69, 9.17) is 0 Å². The molecule has 0 radical (unpaired) electrons. The van der Waals surface area contributed by atoms with Crippen LogP contribution in [0.25, 0.3) is 0 Å². The smallest absolute Gasteiger partial charge is 0.123 e. The van der Waals surface area contributed by atoms with Gasteiger partial charge in [-0.25, -0.2) is 0 Å². The lowest BCUT2D eigenvalue weighted by atomic mass is 10.1. The van der Waals surface area contributed by atoms with Crippen LogP contribution in [-0.2, 0) is 6.54 Å². The van der Waals surface area contributed by atoms with E-state index in [9.17, 15) is 5.26 Å². The Bertz CT molecular complexity index is 543. The largest absolute Gasteiger partial charge is 0.294 e. The zero-order valence-corrected chi connectivity index (χ0v) is 10.3. The van der Waals surface area contributed by atoms with Gasteiger partial charge in [-0.15, -0.1) is 0 Å². The van der Waals surface area contributed by atoms with Gasteiger partial charge in [0.05, 0.1) is 6.07 Å². The predicted octanol–water partition coefficient (Wildman–Crippen LogP) is 2.74. The molecule has 3 heteroatoms. The van der Waals surface area contributed by atoms with Crippen molar-refractivity contribution in [3.63, 3.8) is 0 Å². The van der Waals surface area contributed by atoms with Crippen molar-refractivity contribution in [2.24, 2.45) is 0 Å². The lowest BCUT2D eigenvalue weighted by Crippen LogP contribution is -2.20. The first-order valence-corrected chi connectivity index (χ1v) is 5.88. The highest BCUT2D eigenvalue weighted by Crippen LogP contribution is 2.12. The van der Waals surface area contributed by atoms with Crippen molar-refractivity contribution < 1.29 is 0 Å². The second-order valence-electron chi connectivity index (χ2n) is 4.16. The molecule has 2 aromatic rings. The predicted molar refractivity (Wildman–Crippen MR) is 70.6 cm³/mol. The van der Waals surface area contributed by atoms with Crippen LogP contribution in [0.4, 0.5) is 0 Å². The van der Waals surface area contributed by atoms with Crippen LogP contribution in [0.5, 0.6) is 0 Å². The molecule has 0 saturated heterocycles. The molecule has 1 N–H and O–H groups in total. The van der Waals surface area contributed by atoms with E-state index in [1.165, 1.54) is 11.1 Å². The Morgan fingerprint density at radius 2 is 2.11 bits per heavy atom. The molecule has 0 aliphatic carbocycles. The Balaban J connectivity index is 2.05. The average Bonchev–Trinajstić information content (AvgIpc) is 2.42. The van der Waals surface area contributed by atoms with Crippen LogP contribution in [0.1, 0.15) is 22.7 Å². The molecule has 1 aromatic heterocycles. The lowest BCUT2D eigenvalue weighted by molar-refractivity contribution is 0.627. The number of rotatable bonds is 4. The van der Waals surface area contributed by atoms with E-state index in [1.54, 1.807) is 12.4 Å². The quantitative estimate of drug-likeness (QED) is 0.889. The maximum absolute atomic E-state index is 9.19. The molecule has 0 spiro atoms. The minimum absolute atomic E-state index is 0.321. The maximum Gasteiger partial charge on any atom is 0.123 e. The van der Waals surface area contributed by atoms with Crippen LogP contribution in [0.15, 0.2) is 48.8 Å². The molecule has 1 unspecified atom stereocenters. The maximum atomic E-state index is 9.19. The second kappa shape index (κ2) is 5.95. The number of aryl methyl sites for hydroxylation is 1. The number of pyridine rings is 1. The normalized spacial score (nSPS) is 11.8. The minimum atomic E-state index is -0.321. The van der Waals surface area contributed by atoms with E-state index >= 15 is 0 Å². The fraction of sp³-hybridized carbons (Fsp3) is 0.200. The third-order valence-electron chi connectivity index (χ3n) is 2.90. The van der Waals surface area contributed by atoms with Crippen molar-refractivity contribution >= 4 is 0 Å². The molecule has 3 nitrogen and oxygen atoms in total. The van der Waals surface area contributed by atoms with Crippen LogP contribution in [0, 0.1) is 18.3 Å². The van der Waals surface area contributed by atoms with Crippen molar-refractivity contribution in [3.05, 3.63) is 65.5 Å². The number of nitriles is 1. The highest BCUT2D eigenvalue weighted by Gasteiger charge is 2.09. The van der Waals surface area contributed by atoms with Gasteiger partial charge in [-0.3, -0.25) is 10.3 Å². The van der Waals surface area contributed by atoms with Crippen LogP contribution < -0.4 is 5.32 Å². The van der Waals surface area contributed by atoms with Gasteiger partial charge < -0.3 is 0 Å². The second-order valence-corrected chi connectivity index (χ2v) is 4.16. The summed E-state index contributed by atoms with van der Waals surface area (Å²) in [7, 11) is 0. The van der Waals surface area contributed by atoms with E-state index in [1.807, 2.05) is 24.3 Å². The van der Waals surface area contributed by atoms with Crippen LogP contribution in [0.3, 0.4) is 0 Å². The molecule has 0 fully saturated rings. The fourth-order valence-corrected chi connectivity index (χ4v) is 1.81. The molecule has 2 rings (SSSR count). The summed E-state index contributed by atoms with van der Waals surface area (Å²) >= 11 is 0. The van der Waals surface area contributed by atoms with Crippen LogP contribution in [0.2, 0.25) is 0 Å². The summed E-state index contributed by atoms with van der Waals surface area (Å²) in [6.45, 7) is 2.75. The summed E-state index contributed by atoms with van der Waals surface area (Å²) in [5.41, 5.74) is 3.34. The summed E-state index contributed by atoms with van der Waals surface area (Å²) in [6.07, 6.45) is 3.43. The number of aromatic nitrogens is 1. The molecule has 1 aromatic carbocycles. The van der Waals surface area contributed by atoms with Crippen molar-refractivity contribution in [3.8, 4) is 6.07 Å². The Morgan fingerprint density at radius 1 is 1.28 bits per heavy atom. The molecular formula is C15H15N3. The molecule has 90 valence electrons. The standard InChI is InChI=1S/C15H15N3/c1-12-5-2-3-6-13(12)11-18-15(9-16)14-7-4-8-17-10-14/h2-8,10,15,18H,11H2,1H3. The highest BCUT2D eigenvalue weighted by atomic mass is 14.9. The summed E-state index contributed by atoms with van der Waals surface area (Å²) in [5, 5.41) is 12.4. The van der Waals surface area contributed by atoms with E-state index in [0.717, 1.165) is 5.56 Å². The van der Waals surface area contributed by atoms with E-state index in [0.29, 0.717) is 6.54 Å². The van der Waals surface area contributed by atoms with Crippen molar-refractivity contribution in [1.29, 1.82) is 5.26 Å². The third kappa shape index (κ3) is 2.93. The van der Waals surface area contributed by atoms with Gasteiger partial charge in [0.2, 0.25) is 0 Å². The van der Waals surface area contributed by atoms with Gasteiger partial charge in [0, 0.05) is 24.5 Å². The highest BCUT2D eigenvalue weighted by molar-refractivity contribution is 5.26. The Kier molecular flexibility index (Phi) is 4.06. The van der Waals surface area contributed by atoms with Gasteiger partial charge in [-0.05, 0) is 24.1 Å². The number of hydrogen-bond acceptors (Lipinski definition) is 3. The Hall–Kier alpha value is -2.18. The van der Waals surface area contributed by atoms with Gasteiger partial charge in [0.1, 0.15) is 6.04 Å². The number of benzene rings is 1. The molecule has 0 aliphatic heterocycles. The van der Waals surface area contributed by atoms with Crippen LogP contribution >= 0.6 is 0 Å². The zero-order valence-electron chi connectivity index (χ0n) is 10.3. The zero-order chi connectivity index (χ0) is 12.8. The first kappa shape index (κ1) is 12.3. The average molecular weight is 237 g/mol. The number of nitrogens with one attached hydrogen (secondary N) is 1. The fourth-order valence-electron chi connectivity index (χ4n) is 1.81. The van der Waals surface area contributed by atoms with Gasteiger partial charge in [-0.1, -0.05) is 30.3 Å². The topological polar surface area (TPSA) is 48.7 Å². The molecule has 0 bridgehead atoms.